The van der Waals surface area contributed by atoms with E-state index in [2.05, 4.69) is 10.3 Å². The zero-order valence-corrected chi connectivity index (χ0v) is 10.6. The molecule has 0 atom stereocenters. The lowest BCUT2D eigenvalue weighted by Gasteiger charge is -2.23. The van der Waals surface area contributed by atoms with Crippen LogP contribution in [0, 0.1) is 0 Å². The molecule has 0 saturated carbocycles. The number of pyridine rings is 1. The van der Waals surface area contributed by atoms with Crippen LogP contribution in [0.25, 0.3) is 0 Å². The fraction of sp³-hybridized carbons (Fsp3) is 0.545. The Labute approximate surface area is 107 Å². The van der Waals surface area contributed by atoms with Gasteiger partial charge in [-0.05, 0) is 18.9 Å². The monoisotopic (exact) mass is 262 g/mol. The van der Waals surface area contributed by atoms with Gasteiger partial charge in [-0.2, -0.15) is 0 Å². The first-order chi connectivity index (χ1) is 7.36. The molecule has 0 spiro atoms. The van der Waals surface area contributed by atoms with Gasteiger partial charge in [0.05, 0.1) is 0 Å². The van der Waals surface area contributed by atoms with Gasteiger partial charge in [0.2, 0.25) is 0 Å². The van der Waals surface area contributed by atoms with Crippen LogP contribution in [0.4, 0.5) is 0 Å². The van der Waals surface area contributed by atoms with Crippen molar-refractivity contribution in [3.8, 4) is 0 Å². The van der Waals surface area contributed by atoms with Crippen molar-refractivity contribution in [2.75, 3.05) is 13.2 Å². The molecule has 0 bridgehead atoms. The van der Waals surface area contributed by atoms with Crippen LogP contribution < -0.4 is 5.32 Å². The largest absolute Gasteiger partial charge is 0.381 e. The Balaban J connectivity index is 0.00000128. The SMILES string of the molecule is Cl.Clc1ncccc1CNC1CCOCC1. The van der Waals surface area contributed by atoms with Gasteiger partial charge in [0.25, 0.3) is 0 Å². The van der Waals surface area contributed by atoms with Crippen LogP contribution in [-0.4, -0.2) is 24.2 Å². The summed E-state index contributed by atoms with van der Waals surface area (Å²) < 4.78 is 5.30. The minimum atomic E-state index is 0. The van der Waals surface area contributed by atoms with Gasteiger partial charge < -0.3 is 10.1 Å². The van der Waals surface area contributed by atoms with Crippen LogP contribution in [0.1, 0.15) is 18.4 Å². The molecule has 1 aliphatic rings. The second kappa shape index (κ2) is 7.07. The Morgan fingerprint density at radius 1 is 1.44 bits per heavy atom. The fourth-order valence-corrected chi connectivity index (χ4v) is 1.89. The van der Waals surface area contributed by atoms with Crippen molar-refractivity contribution in [2.24, 2.45) is 0 Å². The molecular formula is C11H16Cl2N2O. The maximum absolute atomic E-state index is 5.97. The van der Waals surface area contributed by atoms with E-state index in [-0.39, 0.29) is 12.4 Å². The number of nitrogens with zero attached hydrogens (tertiary/aromatic N) is 1. The Hall–Kier alpha value is -0.350. The van der Waals surface area contributed by atoms with E-state index < -0.39 is 0 Å². The van der Waals surface area contributed by atoms with Crippen molar-refractivity contribution in [1.82, 2.24) is 10.3 Å². The van der Waals surface area contributed by atoms with Crippen LogP contribution in [0.15, 0.2) is 18.3 Å². The highest BCUT2D eigenvalue weighted by atomic mass is 35.5. The Morgan fingerprint density at radius 3 is 2.88 bits per heavy atom. The number of halogens is 2. The number of hydrogen-bond donors (Lipinski definition) is 1. The summed E-state index contributed by atoms with van der Waals surface area (Å²) >= 11 is 5.97. The summed E-state index contributed by atoms with van der Waals surface area (Å²) in [5.41, 5.74) is 1.06. The molecule has 0 aliphatic carbocycles. The summed E-state index contributed by atoms with van der Waals surface area (Å²) in [4.78, 5) is 4.04. The first-order valence-electron chi connectivity index (χ1n) is 5.27. The molecule has 1 aromatic heterocycles. The molecule has 3 nitrogen and oxygen atoms in total. The van der Waals surface area contributed by atoms with Crippen molar-refractivity contribution in [3.05, 3.63) is 29.0 Å². The molecule has 16 heavy (non-hydrogen) atoms. The highest BCUT2D eigenvalue weighted by Crippen LogP contribution is 2.13. The summed E-state index contributed by atoms with van der Waals surface area (Å²) in [6.07, 6.45) is 3.87. The fourth-order valence-electron chi connectivity index (χ4n) is 1.71. The number of hydrogen-bond acceptors (Lipinski definition) is 3. The molecule has 90 valence electrons. The van der Waals surface area contributed by atoms with Gasteiger partial charge in [0, 0.05) is 37.6 Å². The number of nitrogens with one attached hydrogen (secondary N) is 1. The van der Waals surface area contributed by atoms with E-state index in [1.165, 1.54) is 0 Å². The number of rotatable bonds is 3. The standard InChI is InChI=1S/C11H15ClN2O.ClH/c12-11-9(2-1-5-13-11)8-14-10-3-6-15-7-4-10;/h1-2,5,10,14H,3-4,6-8H2;1H. The second-order valence-corrected chi connectivity index (χ2v) is 4.08. The molecule has 2 rings (SSSR count). The number of aromatic nitrogens is 1. The van der Waals surface area contributed by atoms with Crippen LogP contribution in [0.5, 0.6) is 0 Å². The van der Waals surface area contributed by atoms with Gasteiger partial charge in [0.1, 0.15) is 5.15 Å². The van der Waals surface area contributed by atoms with E-state index in [1.54, 1.807) is 6.20 Å². The highest BCUT2D eigenvalue weighted by Gasteiger charge is 2.13. The molecular weight excluding hydrogens is 247 g/mol. The molecule has 1 N–H and O–H groups in total. The predicted molar refractivity (Wildman–Crippen MR) is 67.2 cm³/mol. The number of ether oxygens (including phenoxy) is 1. The Kier molecular flexibility index (Phi) is 6.06. The van der Waals surface area contributed by atoms with E-state index in [4.69, 9.17) is 16.3 Å². The average molecular weight is 263 g/mol. The third kappa shape index (κ3) is 3.91. The maximum Gasteiger partial charge on any atom is 0.133 e. The predicted octanol–water partition coefficient (Wildman–Crippen LogP) is 2.43. The van der Waals surface area contributed by atoms with Gasteiger partial charge in [-0.25, -0.2) is 4.98 Å². The summed E-state index contributed by atoms with van der Waals surface area (Å²) in [6.45, 7) is 2.51. The zero-order valence-electron chi connectivity index (χ0n) is 8.99. The van der Waals surface area contributed by atoms with Crippen molar-refractivity contribution in [3.63, 3.8) is 0 Å². The van der Waals surface area contributed by atoms with E-state index in [0.29, 0.717) is 11.2 Å². The van der Waals surface area contributed by atoms with Crippen LogP contribution in [0.2, 0.25) is 5.15 Å². The first-order valence-corrected chi connectivity index (χ1v) is 5.64. The molecule has 0 unspecified atom stereocenters. The van der Waals surface area contributed by atoms with E-state index >= 15 is 0 Å². The molecule has 1 saturated heterocycles. The van der Waals surface area contributed by atoms with E-state index in [1.807, 2.05) is 12.1 Å². The third-order valence-corrected chi connectivity index (χ3v) is 2.98. The van der Waals surface area contributed by atoms with Gasteiger partial charge >= 0.3 is 0 Å². The maximum atomic E-state index is 5.97. The molecule has 0 aromatic carbocycles. The first kappa shape index (κ1) is 13.7. The summed E-state index contributed by atoms with van der Waals surface area (Å²) in [7, 11) is 0. The molecule has 1 fully saturated rings. The lowest BCUT2D eigenvalue weighted by molar-refractivity contribution is 0.0776. The van der Waals surface area contributed by atoms with Crippen molar-refractivity contribution >= 4 is 24.0 Å². The van der Waals surface area contributed by atoms with Crippen LogP contribution in [0.3, 0.4) is 0 Å². The Bertz CT molecular complexity index is 317. The normalized spacial score (nSPS) is 16.8. The topological polar surface area (TPSA) is 34.2 Å². The van der Waals surface area contributed by atoms with E-state index in [0.717, 1.165) is 38.2 Å². The van der Waals surface area contributed by atoms with Crippen LogP contribution >= 0.6 is 24.0 Å². The van der Waals surface area contributed by atoms with Gasteiger partial charge in [-0.1, -0.05) is 17.7 Å². The van der Waals surface area contributed by atoms with Gasteiger partial charge in [0.15, 0.2) is 0 Å². The molecule has 2 heterocycles. The van der Waals surface area contributed by atoms with Crippen molar-refractivity contribution < 1.29 is 4.74 Å². The van der Waals surface area contributed by atoms with E-state index in [9.17, 15) is 0 Å². The molecule has 0 radical (unpaired) electrons. The summed E-state index contributed by atoms with van der Waals surface area (Å²) in [5.74, 6) is 0. The van der Waals surface area contributed by atoms with Crippen molar-refractivity contribution in [1.29, 1.82) is 0 Å². The smallest absolute Gasteiger partial charge is 0.133 e. The molecule has 0 amide bonds. The summed E-state index contributed by atoms with van der Waals surface area (Å²) in [5, 5.41) is 4.07. The average Bonchev–Trinajstić information content (AvgIpc) is 2.29. The lowest BCUT2D eigenvalue weighted by atomic mass is 10.1. The van der Waals surface area contributed by atoms with Gasteiger partial charge in [-0.15, -0.1) is 12.4 Å². The Morgan fingerprint density at radius 2 is 2.19 bits per heavy atom. The van der Waals surface area contributed by atoms with Crippen molar-refractivity contribution in [2.45, 2.75) is 25.4 Å². The third-order valence-electron chi connectivity index (χ3n) is 2.64. The quantitative estimate of drug-likeness (QED) is 0.850. The molecule has 1 aromatic rings. The lowest BCUT2D eigenvalue weighted by Crippen LogP contribution is -2.34. The zero-order chi connectivity index (χ0) is 10.5. The minimum absolute atomic E-state index is 0. The highest BCUT2D eigenvalue weighted by molar-refractivity contribution is 6.30. The minimum Gasteiger partial charge on any atom is -0.381 e. The van der Waals surface area contributed by atoms with Crippen LogP contribution in [-0.2, 0) is 11.3 Å². The summed E-state index contributed by atoms with van der Waals surface area (Å²) in [6, 6.07) is 4.46. The second-order valence-electron chi connectivity index (χ2n) is 3.72. The molecule has 5 heteroatoms. The molecule has 1 aliphatic heterocycles. The van der Waals surface area contributed by atoms with Gasteiger partial charge in [-0.3, -0.25) is 0 Å².